The highest BCUT2D eigenvalue weighted by Crippen LogP contribution is 2.26. The highest BCUT2D eigenvalue weighted by molar-refractivity contribution is 6.31. The Hall–Kier alpha value is -3.20. The summed E-state index contributed by atoms with van der Waals surface area (Å²) in [6.45, 7) is 3.81. The Morgan fingerprint density at radius 1 is 0.964 bits per heavy atom. The first kappa shape index (κ1) is 19.6. The molecule has 3 rings (SSSR count). The number of carbonyl (C=O) groups is 1. The molecule has 9 nitrogen and oxygen atoms in total. The number of nitrogens with zero attached hydrogens (tertiary/aromatic N) is 4. The molecule has 1 aliphatic rings. The molecule has 2 aromatic carbocycles. The van der Waals surface area contributed by atoms with E-state index in [4.69, 9.17) is 11.6 Å². The summed E-state index contributed by atoms with van der Waals surface area (Å²) in [5.41, 5.74) is 0.906. The maximum Gasteiger partial charge on any atom is 0.277 e. The highest BCUT2D eigenvalue weighted by atomic mass is 35.5. The molecule has 1 amide bonds. The molecule has 1 fully saturated rings. The van der Waals surface area contributed by atoms with E-state index in [0.29, 0.717) is 31.2 Å². The predicted molar refractivity (Wildman–Crippen MR) is 104 cm³/mol. The van der Waals surface area contributed by atoms with E-state index >= 15 is 0 Å². The van der Waals surface area contributed by atoms with Crippen LogP contribution in [0.1, 0.15) is 15.9 Å². The molecule has 10 heteroatoms. The van der Waals surface area contributed by atoms with Gasteiger partial charge in [0.05, 0.1) is 21.5 Å². The summed E-state index contributed by atoms with van der Waals surface area (Å²) >= 11 is 6.17. The van der Waals surface area contributed by atoms with Crippen molar-refractivity contribution in [2.75, 3.05) is 31.1 Å². The van der Waals surface area contributed by atoms with Crippen molar-refractivity contribution in [2.45, 2.75) is 6.92 Å². The molecule has 1 saturated heterocycles. The quantitative estimate of drug-likeness (QED) is 0.570. The number of piperazine rings is 1. The first-order valence-electron chi connectivity index (χ1n) is 8.50. The molecular weight excluding hydrogens is 388 g/mol. The molecule has 146 valence electrons. The van der Waals surface area contributed by atoms with Crippen molar-refractivity contribution in [3.63, 3.8) is 0 Å². The van der Waals surface area contributed by atoms with Gasteiger partial charge in [-0.25, -0.2) is 0 Å². The smallest absolute Gasteiger partial charge is 0.277 e. The van der Waals surface area contributed by atoms with Gasteiger partial charge in [-0.1, -0.05) is 17.7 Å². The van der Waals surface area contributed by atoms with Crippen molar-refractivity contribution in [3.05, 3.63) is 72.8 Å². The van der Waals surface area contributed by atoms with Crippen molar-refractivity contribution >= 4 is 34.6 Å². The Kier molecular flexibility index (Phi) is 5.46. The minimum Gasteiger partial charge on any atom is -0.368 e. The van der Waals surface area contributed by atoms with Gasteiger partial charge in [0.1, 0.15) is 0 Å². The highest BCUT2D eigenvalue weighted by Gasteiger charge is 2.26. The van der Waals surface area contributed by atoms with E-state index in [2.05, 4.69) is 4.90 Å². The third-order valence-electron chi connectivity index (χ3n) is 4.66. The van der Waals surface area contributed by atoms with Crippen LogP contribution in [0.15, 0.2) is 36.4 Å². The van der Waals surface area contributed by atoms with Crippen molar-refractivity contribution in [1.29, 1.82) is 0 Å². The van der Waals surface area contributed by atoms with E-state index < -0.39 is 27.1 Å². The number of hydrogen-bond acceptors (Lipinski definition) is 6. The van der Waals surface area contributed by atoms with Crippen LogP contribution in [-0.4, -0.2) is 46.8 Å². The molecule has 0 spiro atoms. The number of nitro groups is 2. The van der Waals surface area contributed by atoms with Gasteiger partial charge in [-0.05, 0) is 24.6 Å². The van der Waals surface area contributed by atoms with Gasteiger partial charge < -0.3 is 9.80 Å². The van der Waals surface area contributed by atoms with Crippen LogP contribution in [0.3, 0.4) is 0 Å². The Morgan fingerprint density at radius 2 is 1.54 bits per heavy atom. The third kappa shape index (κ3) is 4.04. The van der Waals surface area contributed by atoms with E-state index in [9.17, 15) is 25.0 Å². The van der Waals surface area contributed by atoms with Crippen LogP contribution in [0.4, 0.5) is 17.1 Å². The number of aryl methyl sites for hydroxylation is 1. The summed E-state index contributed by atoms with van der Waals surface area (Å²) in [5, 5.41) is 22.7. The van der Waals surface area contributed by atoms with Crippen LogP contribution in [-0.2, 0) is 0 Å². The molecule has 0 saturated carbocycles. The summed E-state index contributed by atoms with van der Waals surface area (Å²) in [6, 6.07) is 8.75. The average Bonchev–Trinajstić information content (AvgIpc) is 2.69. The Morgan fingerprint density at radius 3 is 2.04 bits per heavy atom. The van der Waals surface area contributed by atoms with Crippen LogP contribution in [0, 0.1) is 27.2 Å². The van der Waals surface area contributed by atoms with Crippen LogP contribution in [0.2, 0.25) is 5.02 Å². The number of carbonyl (C=O) groups excluding carboxylic acids is 1. The number of anilines is 1. The van der Waals surface area contributed by atoms with Gasteiger partial charge in [0.25, 0.3) is 17.3 Å². The van der Waals surface area contributed by atoms with E-state index in [0.717, 1.165) is 29.4 Å². The SMILES string of the molecule is Cc1ccc(N2CCN(C(=O)c3cc([N+](=O)[O-])cc([N+](=O)[O-])c3)CC2)cc1Cl. The van der Waals surface area contributed by atoms with Crippen molar-refractivity contribution < 1.29 is 14.6 Å². The fourth-order valence-corrected chi connectivity index (χ4v) is 3.23. The number of halogens is 1. The maximum absolute atomic E-state index is 12.7. The summed E-state index contributed by atoms with van der Waals surface area (Å²) in [4.78, 5) is 36.9. The van der Waals surface area contributed by atoms with E-state index in [1.54, 1.807) is 0 Å². The number of hydrogen-bond donors (Lipinski definition) is 0. The predicted octanol–water partition coefficient (Wildman–Crippen LogP) is 3.43. The van der Waals surface area contributed by atoms with E-state index in [-0.39, 0.29) is 5.56 Å². The number of benzene rings is 2. The second-order valence-electron chi connectivity index (χ2n) is 6.47. The van der Waals surface area contributed by atoms with Gasteiger partial charge in [0, 0.05) is 49.0 Å². The van der Waals surface area contributed by atoms with Crippen molar-refractivity contribution in [3.8, 4) is 0 Å². The molecule has 0 bridgehead atoms. The lowest BCUT2D eigenvalue weighted by Gasteiger charge is -2.36. The van der Waals surface area contributed by atoms with Gasteiger partial charge in [-0.2, -0.15) is 0 Å². The first-order chi connectivity index (χ1) is 13.3. The summed E-state index contributed by atoms with van der Waals surface area (Å²) in [7, 11) is 0. The van der Waals surface area contributed by atoms with Crippen LogP contribution in [0.5, 0.6) is 0 Å². The number of amides is 1. The van der Waals surface area contributed by atoms with Gasteiger partial charge in [-0.3, -0.25) is 25.0 Å². The lowest BCUT2D eigenvalue weighted by molar-refractivity contribution is -0.394. The fourth-order valence-electron chi connectivity index (χ4n) is 3.06. The molecule has 0 N–H and O–H groups in total. The van der Waals surface area contributed by atoms with Crippen LogP contribution >= 0.6 is 11.6 Å². The monoisotopic (exact) mass is 404 g/mol. The molecule has 28 heavy (non-hydrogen) atoms. The normalized spacial score (nSPS) is 14.1. The number of rotatable bonds is 4. The topological polar surface area (TPSA) is 110 Å². The first-order valence-corrected chi connectivity index (χ1v) is 8.88. The van der Waals surface area contributed by atoms with Gasteiger partial charge in [0.15, 0.2) is 0 Å². The molecule has 1 aliphatic heterocycles. The maximum atomic E-state index is 12.7. The van der Waals surface area contributed by atoms with Gasteiger partial charge >= 0.3 is 0 Å². The molecule has 0 aromatic heterocycles. The molecule has 0 radical (unpaired) electrons. The zero-order chi connectivity index (χ0) is 20.4. The third-order valence-corrected chi connectivity index (χ3v) is 5.07. The summed E-state index contributed by atoms with van der Waals surface area (Å²) in [5.74, 6) is -0.464. The minimum atomic E-state index is -0.747. The fraction of sp³-hybridized carbons (Fsp3) is 0.278. The number of non-ortho nitro benzene ring substituents is 2. The van der Waals surface area contributed by atoms with Crippen molar-refractivity contribution in [1.82, 2.24) is 4.90 Å². The molecule has 0 unspecified atom stereocenters. The van der Waals surface area contributed by atoms with Crippen LogP contribution in [0.25, 0.3) is 0 Å². The molecule has 0 atom stereocenters. The lowest BCUT2D eigenvalue weighted by Crippen LogP contribution is -2.48. The standard InChI is InChI=1S/C18H17ClN4O5/c1-12-2-3-14(11-17(12)19)20-4-6-21(7-5-20)18(24)13-8-15(22(25)26)10-16(9-13)23(27)28/h2-3,8-11H,4-7H2,1H3. The van der Waals surface area contributed by atoms with E-state index in [1.165, 1.54) is 4.90 Å². The lowest BCUT2D eigenvalue weighted by atomic mass is 10.1. The Balaban J connectivity index is 1.75. The largest absolute Gasteiger partial charge is 0.368 e. The summed E-state index contributed by atoms with van der Waals surface area (Å²) < 4.78 is 0. The zero-order valence-corrected chi connectivity index (χ0v) is 15.8. The second kappa shape index (κ2) is 7.81. The second-order valence-corrected chi connectivity index (χ2v) is 6.87. The Labute approximate surface area is 165 Å². The average molecular weight is 405 g/mol. The van der Waals surface area contributed by atoms with Gasteiger partial charge in [-0.15, -0.1) is 0 Å². The van der Waals surface area contributed by atoms with E-state index in [1.807, 2.05) is 25.1 Å². The van der Waals surface area contributed by atoms with Gasteiger partial charge in [0.2, 0.25) is 0 Å². The molecule has 0 aliphatic carbocycles. The Bertz CT molecular complexity index is 925. The minimum absolute atomic E-state index is 0.0623. The van der Waals surface area contributed by atoms with Crippen LogP contribution < -0.4 is 4.90 Å². The molecular formula is C18H17ClN4O5. The summed E-state index contributed by atoms with van der Waals surface area (Å²) in [6.07, 6.45) is 0. The number of nitro benzene ring substituents is 2. The molecule has 2 aromatic rings. The van der Waals surface area contributed by atoms with Crippen molar-refractivity contribution in [2.24, 2.45) is 0 Å². The molecule has 1 heterocycles. The zero-order valence-electron chi connectivity index (χ0n) is 15.0.